The van der Waals surface area contributed by atoms with E-state index in [0.29, 0.717) is 10.0 Å². The van der Waals surface area contributed by atoms with Crippen LogP contribution in [0, 0.1) is 0 Å². The molecule has 0 bridgehead atoms. The van der Waals surface area contributed by atoms with E-state index < -0.39 is 0 Å². The van der Waals surface area contributed by atoms with Crippen LogP contribution in [0.1, 0.15) is 6.92 Å². The van der Waals surface area contributed by atoms with Gasteiger partial charge in [0.1, 0.15) is 0 Å². The van der Waals surface area contributed by atoms with Gasteiger partial charge in [-0.2, -0.15) is 0 Å². The second kappa shape index (κ2) is 5.31. The van der Waals surface area contributed by atoms with Crippen LogP contribution in [0.15, 0.2) is 36.8 Å². The normalized spacial score (nSPS) is 10.9. The van der Waals surface area contributed by atoms with Gasteiger partial charge in [0, 0.05) is 40.7 Å². The molecule has 3 aromatic rings. The lowest BCUT2D eigenvalue weighted by Crippen LogP contribution is -2.03. The number of imidazole rings is 1. The maximum atomic E-state index is 6.05. The highest BCUT2D eigenvalue weighted by Gasteiger charge is 2.09. The van der Waals surface area contributed by atoms with Crippen LogP contribution < -0.4 is 5.32 Å². The molecule has 0 fully saturated rings. The summed E-state index contributed by atoms with van der Waals surface area (Å²) in [5.41, 5.74) is 2.46. The zero-order chi connectivity index (χ0) is 14.1. The van der Waals surface area contributed by atoms with Gasteiger partial charge in [0.05, 0.1) is 5.69 Å². The van der Waals surface area contributed by atoms with Crippen molar-refractivity contribution in [2.24, 2.45) is 0 Å². The van der Waals surface area contributed by atoms with Crippen molar-refractivity contribution in [2.45, 2.75) is 6.92 Å². The first-order chi connectivity index (χ1) is 9.67. The zero-order valence-corrected chi connectivity index (χ0v) is 12.3. The van der Waals surface area contributed by atoms with Crippen molar-refractivity contribution in [3.05, 3.63) is 46.8 Å². The SMILES string of the molecule is CCNc1nc(-c2cc(Cl)cc(Cl)c2)cn2ccnc12. The molecule has 0 unspecified atom stereocenters. The fourth-order valence-electron chi connectivity index (χ4n) is 2.06. The average Bonchev–Trinajstić information content (AvgIpc) is 2.86. The molecule has 0 radical (unpaired) electrons. The standard InChI is InChI=1S/C14H12Cl2N4/c1-2-17-13-14-18-3-4-20(14)8-12(19-13)9-5-10(15)7-11(16)6-9/h3-8H,2H2,1H3,(H,17,19). The number of nitrogens with zero attached hydrogens (tertiary/aromatic N) is 3. The fourth-order valence-corrected chi connectivity index (χ4v) is 2.58. The van der Waals surface area contributed by atoms with Crippen molar-refractivity contribution in [1.29, 1.82) is 0 Å². The molecular weight excluding hydrogens is 295 g/mol. The largest absolute Gasteiger partial charge is 0.367 e. The van der Waals surface area contributed by atoms with E-state index in [4.69, 9.17) is 23.2 Å². The predicted molar refractivity (Wildman–Crippen MR) is 82.6 cm³/mol. The minimum atomic E-state index is 0.588. The summed E-state index contributed by atoms with van der Waals surface area (Å²) in [6.45, 7) is 2.79. The van der Waals surface area contributed by atoms with Gasteiger partial charge in [-0.05, 0) is 25.1 Å². The van der Waals surface area contributed by atoms with E-state index in [1.807, 2.05) is 35.9 Å². The Bertz CT molecular complexity index is 747. The number of benzene rings is 1. The second-order valence-electron chi connectivity index (χ2n) is 4.32. The minimum Gasteiger partial charge on any atom is -0.367 e. The number of fused-ring (bicyclic) bond motifs is 1. The molecule has 2 aromatic heterocycles. The lowest BCUT2D eigenvalue weighted by molar-refractivity contribution is 1.10. The van der Waals surface area contributed by atoms with Crippen LogP contribution in [-0.4, -0.2) is 20.9 Å². The van der Waals surface area contributed by atoms with E-state index in [9.17, 15) is 0 Å². The van der Waals surface area contributed by atoms with Gasteiger partial charge >= 0.3 is 0 Å². The number of nitrogens with one attached hydrogen (secondary N) is 1. The van der Waals surface area contributed by atoms with E-state index in [2.05, 4.69) is 15.3 Å². The lowest BCUT2D eigenvalue weighted by Gasteiger charge is -2.09. The molecule has 0 spiro atoms. The monoisotopic (exact) mass is 306 g/mol. The summed E-state index contributed by atoms with van der Waals surface area (Å²) < 4.78 is 1.93. The fraction of sp³-hybridized carbons (Fsp3) is 0.143. The molecule has 0 saturated heterocycles. The van der Waals surface area contributed by atoms with Gasteiger partial charge in [-0.15, -0.1) is 0 Å². The molecule has 2 heterocycles. The number of hydrogen-bond acceptors (Lipinski definition) is 3. The number of anilines is 1. The van der Waals surface area contributed by atoms with E-state index in [1.165, 1.54) is 0 Å². The number of rotatable bonds is 3. The first-order valence-corrected chi connectivity index (χ1v) is 6.97. The molecule has 0 aliphatic rings. The molecule has 20 heavy (non-hydrogen) atoms. The van der Waals surface area contributed by atoms with Crippen LogP contribution in [0.25, 0.3) is 16.9 Å². The topological polar surface area (TPSA) is 42.2 Å². The first-order valence-electron chi connectivity index (χ1n) is 6.21. The Kier molecular flexibility index (Phi) is 3.51. The highest BCUT2D eigenvalue weighted by Crippen LogP contribution is 2.27. The van der Waals surface area contributed by atoms with Gasteiger partial charge in [-0.25, -0.2) is 9.97 Å². The van der Waals surface area contributed by atoms with Gasteiger partial charge in [0.2, 0.25) is 0 Å². The summed E-state index contributed by atoms with van der Waals surface area (Å²) in [5.74, 6) is 0.742. The third kappa shape index (κ3) is 2.44. The van der Waals surface area contributed by atoms with Gasteiger partial charge in [-0.1, -0.05) is 23.2 Å². The van der Waals surface area contributed by atoms with Gasteiger partial charge in [-0.3, -0.25) is 0 Å². The van der Waals surface area contributed by atoms with Crippen molar-refractivity contribution < 1.29 is 0 Å². The summed E-state index contributed by atoms with van der Waals surface area (Å²) in [6.07, 6.45) is 5.53. The summed E-state index contributed by atoms with van der Waals surface area (Å²) in [4.78, 5) is 8.90. The molecule has 3 rings (SSSR count). The molecule has 0 aliphatic carbocycles. The summed E-state index contributed by atoms with van der Waals surface area (Å²) >= 11 is 12.1. The first kappa shape index (κ1) is 13.2. The summed E-state index contributed by atoms with van der Waals surface area (Å²) in [7, 11) is 0. The van der Waals surface area contributed by atoms with E-state index in [-0.39, 0.29) is 0 Å². The number of halogens is 2. The Morgan fingerprint density at radius 2 is 1.95 bits per heavy atom. The molecule has 0 atom stereocenters. The van der Waals surface area contributed by atoms with Crippen molar-refractivity contribution >= 4 is 34.7 Å². The van der Waals surface area contributed by atoms with E-state index >= 15 is 0 Å². The second-order valence-corrected chi connectivity index (χ2v) is 5.19. The Morgan fingerprint density at radius 3 is 2.65 bits per heavy atom. The highest BCUT2D eigenvalue weighted by atomic mass is 35.5. The molecule has 0 saturated carbocycles. The number of aromatic nitrogens is 3. The minimum absolute atomic E-state index is 0.588. The Balaban J connectivity index is 2.20. The van der Waals surface area contributed by atoms with Crippen molar-refractivity contribution in [3.63, 3.8) is 0 Å². The molecule has 0 amide bonds. The maximum Gasteiger partial charge on any atom is 0.180 e. The highest BCUT2D eigenvalue weighted by molar-refractivity contribution is 6.35. The van der Waals surface area contributed by atoms with Crippen LogP contribution in [0.4, 0.5) is 5.82 Å². The van der Waals surface area contributed by atoms with Crippen molar-refractivity contribution in [3.8, 4) is 11.3 Å². The van der Waals surface area contributed by atoms with Gasteiger partial charge in [0.15, 0.2) is 11.5 Å². The van der Waals surface area contributed by atoms with Crippen molar-refractivity contribution in [2.75, 3.05) is 11.9 Å². The van der Waals surface area contributed by atoms with E-state index in [0.717, 1.165) is 29.3 Å². The van der Waals surface area contributed by atoms with Gasteiger partial charge in [0.25, 0.3) is 0 Å². The summed E-state index contributed by atoms with van der Waals surface area (Å²) in [6, 6.07) is 5.38. The molecule has 102 valence electrons. The third-order valence-electron chi connectivity index (χ3n) is 2.88. The molecule has 6 heteroatoms. The Morgan fingerprint density at radius 1 is 1.20 bits per heavy atom. The van der Waals surface area contributed by atoms with Crippen LogP contribution in [0.3, 0.4) is 0 Å². The van der Waals surface area contributed by atoms with Crippen LogP contribution >= 0.6 is 23.2 Å². The third-order valence-corrected chi connectivity index (χ3v) is 3.31. The quantitative estimate of drug-likeness (QED) is 0.791. The van der Waals surface area contributed by atoms with Crippen molar-refractivity contribution in [1.82, 2.24) is 14.4 Å². The molecule has 0 aliphatic heterocycles. The Labute approximate surface area is 126 Å². The number of hydrogen-bond donors (Lipinski definition) is 1. The summed E-state index contributed by atoms with van der Waals surface area (Å²) in [5, 5.41) is 4.39. The smallest absolute Gasteiger partial charge is 0.180 e. The zero-order valence-electron chi connectivity index (χ0n) is 10.8. The molecular formula is C14H12Cl2N4. The van der Waals surface area contributed by atoms with Gasteiger partial charge < -0.3 is 9.72 Å². The Hall–Kier alpha value is -1.78. The van der Waals surface area contributed by atoms with E-state index in [1.54, 1.807) is 12.3 Å². The predicted octanol–water partition coefficient (Wildman–Crippen LogP) is 4.13. The van der Waals surface area contributed by atoms with Crippen LogP contribution in [-0.2, 0) is 0 Å². The van der Waals surface area contributed by atoms with Crippen LogP contribution in [0.5, 0.6) is 0 Å². The lowest BCUT2D eigenvalue weighted by atomic mass is 10.1. The molecule has 1 aromatic carbocycles. The molecule has 1 N–H and O–H groups in total. The maximum absolute atomic E-state index is 6.05. The molecule has 4 nitrogen and oxygen atoms in total. The average molecular weight is 307 g/mol. The van der Waals surface area contributed by atoms with Crippen LogP contribution in [0.2, 0.25) is 10.0 Å².